The predicted molar refractivity (Wildman–Crippen MR) is 54.6 cm³/mol. The molecule has 1 aliphatic rings. The molecule has 2 unspecified atom stereocenters. The maximum atomic E-state index is 9.02. The van der Waals surface area contributed by atoms with Gasteiger partial charge in [-0.25, -0.2) is 0 Å². The highest BCUT2D eigenvalue weighted by Crippen LogP contribution is 2.18. The van der Waals surface area contributed by atoms with Gasteiger partial charge in [0.05, 0.1) is 6.61 Å². The van der Waals surface area contributed by atoms with Crippen molar-refractivity contribution in [2.75, 3.05) is 19.7 Å². The van der Waals surface area contributed by atoms with E-state index in [0.717, 1.165) is 19.5 Å². The largest absolute Gasteiger partial charge is 0.395 e. The lowest BCUT2D eigenvalue weighted by atomic mass is 9.96. The van der Waals surface area contributed by atoms with Gasteiger partial charge in [-0.2, -0.15) is 0 Å². The quantitative estimate of drug-likeness (QED) is 0.675. The first-order chi connectivity index (χ1) is 6.29. The van der Waals surface area contributed by atoms with E-state index in [0.29, 0.717) is 6.04 Å². The maximum Gasteiger partial charge on any atom is 0.0597 e. The Labute approximate surface area is 80.9 Å². The van der Waals surface area contributed by atoms with Crippen molar-refractivity contribution in [1.82, 2.24) is 4.90 Å². The van der Waals surface area contributed by atoms with E-state index in [1.807, 2.05) is 0 Å². The minimum Gasteiger partial charge on any atom is -0.395 e. The molecule has 0 bridgehead atoms. The zero-order valence-electron chi connectivity index (χ0n) is 8.58. The average Bonchev–Trinajstić information content (AvgIpc) is 2.18. The van der Waals surface area contributed by atoms with Crippen molar-refractivity contribution in [3.63, 3.8) is 0 Å². The van der Waals surface area contributed by atoms with Crippen molar-refractivity contribution in [3.05, 3.63) is 0 Å². The molecule has 1 aliphatic heterocycles. The van der Waals surface area contributed by atoms with Crippen LogP contribution in [0.1, 0.15) is 32.6 Å². The Morgan fingerprint density at radius 2 is 2.31 bits per heavy atom. The van der Waals surface area contributed by atoms with Crippen LogP contribution in [0.3, 0.4) is 0 Å². The molecule has 3 nitrogen and oxygen atoms in total. The van der Waals surface area contributed by atoms with E-state index in [4.69, 9.17) is 10.8 Å². The first-order valence-electron chi connectivity index (χ1n) is 5.40. The lowest BCUT2D eigenvalue weighted by Gasteiger charge is -2.38. The summed E-state index contributed by atoms with van der Waals surface area (Å²) in [5.41, 5.74) is 5.88. The number of hydrogen-bond donors (Lipinski definition) is 2. The number of piperidine rings is 1. The molecule has 0 aromatic heterocycles. The molecule has 0 aromatic rings. The number of aliphatic hydroxyl groups excluding tert-OH is 1. The van der Waals surface area contributed by atoms with Crippen molar-refractivity contribution >= 4 is 0 Å². The molecule has 0 radical (unpaired) electrons. The second-order valence-electron chi connectivity index (χ2n) is 3.95. The number of hydrogen-bond acceptors (Lipinski definition) is 3. The van der Waals surface area contributed by atoms with Gasteiger partial charge in [-0.15, -0.1) is 0 Å². The van der Waals surface area contributed by atoms with E-state index >= 15 is 0 Å². The van der Waals surface area contributed by atoms with Crippen LogP contribution in [0.5, 0.6) is 0 Å². The molecule has 1 rings (SSSR count). The SMILES string of the molecule is CCCN1CCCCC1C(N)CO. The second kappa shape index (κ2) is 5.58. The van der Waals surface area contributed by atoms with Crippen LogP contribution >= 0.6 is 0 Å². The van der Waals surface area contributed by atoms with Gasteiger partial charge in [0.2, 0.25) is 0 Å². The van der Waals surface area contributed by atoms with Crippen LogP contribution < -0.4 is 5.73 Å². The summed E-state index contributed by atoms with van der Waals surface area (Å²) in [4.78, 5) is 2.43. The highest BCUT2D eigenvalue weighted by Gasteiger charge is 2.26. The lowest BCUT2D eigenvalue weighted by Crippen LogP contribution is -2.52. The predicted octanol–water partition coefficient (Wildman–Crippen LogP) is 0.571. The lowest BCUT2D eigenvalue weighted by molar-refractivity contribution is 0.101. The van der Waals surface area contributed by atoms with Crippen molar-refractivity contribution in [3.8, 4) is 0 Å². The Morgan fingerprint density at radius 3 is 2.92 bits per heavy atom. The van der Waals surface area contributed by atoms with E-state index in [-0.39, 0.29) is 12.6 Å². The fourth-order valence-corrected chi connectivity index (χ4v) is 2.19. The topological polar surface area (TPSA) is 49.5 Å². The van der Waals surface area contributed by atoms with Gasteiger partial charge in [-0.1, -0.05) is 13.3 Å². The molecule has 78 valence electrons. The monoisotopic (exact) mass is 186 g/mol. The second-order valence-corrected chi connectivity index (χ2v) is 3.95. The molecule has 1 heterocycles. The van der Waals surface area contributed by atoms with Gasteiger partial charge < -0.3 is 10.8 Å². The van der Waals surface area contributed by atoms with Gasteiger partial charge in [-0.05, 0) is 32.4 Å². The number of nitrogens with two attached hydrogens (primary N) is 1. The van der Waals surface area contributed by atoms with Crippen molar-refractivity contribution < 1.29 is 5.11 Å². The zero-order chi connectivity index (χ0) is 9.68. The summed E-state index contributed by atoms with van der Waals surface area (Å²) < 4.78 is 0. The van der Waals surface area contributed by atoms with E-state index in [1.54, 1.807) is 0 Å². The van der Waals surface area contributed by atoms with Crippen molar-refractivity contribution in [2.45, 2.75) is 44.7 Å². The first kappa shape index (κ1) is 11.0. The Balaban J connectivity index is 2.45. The van der Waals surface area contributed by atoms with E-state index in [2.05, 4.69) is 11.8 Å². The summed E-state index contributed by atoms with van der Waals surface area (Å²) in [6.45, 7) is 4.59. The van der Waals surface area contributed by atoms with Crippen molar-refractivity contribution in [1.29, 1.82) is 0 Å². The molecule has 3 N–H and O–H groups in total. The van der Waals surface area contributed by atoms with Gasteiger partial charge >= 0.3 is 0 Å². The molecule has 3 heteroatoms. The number of nitrogens with zero attached hydrogens (tertiary/aromatic N) is 1. The maximum absolute atomic E-state index is 9.02. The van der Waals surface area contributed by atoms with Gasteiger partial charge in [0.15, 0.2) is 0 Å². The Hall–Kier alpha value is -0.120. The summed E-state index contributed by atoms with van der Waals surface area (Å²) in [7, 11) is 0. The minimum absolute atomic E-state index is 0.0492. The highest BCUT2D eigenvalue weighted by molar-refractivity contribution is 4.84. The summed E-state index contributed by atoms with van der Waals surface area (Å²) in [6.07, 6.45) is 4.88. The molecule has 0 spiro atoms. The van der Waals surface area contributed by atoms with Crippen LogP contribution in [0, 0.1) is 0 Å². The molecule has 2 atom stereocenters. The standard InChI is InChI=1S/C10H22N2O/c1-2-6-12-7-4-3-5-10(12)9(11)8-13/h9-10,13H,2-8,11H2,1H3. The van der Waals surface area contributed by atoms with E-state index < -0.39 is 0 Å². The zero-order valence-corrected chi connectivity index (χ0v) is 8.58. The van der Waals surface area contributed by atoms with Crippen molar-refractivity contribution in [2.24, 2.45) is 5.73 Å². The fraction of sp³-hybridized carbons (Fsp3) is 1.00. The first-order valence-corrected chi connectivity index (χ1v) is 5.40. The van der Waals surface area contributed by atoms with Crippen LogP contribution in [-0.4, -0.2) is 41.8 Å². The third-order valence-electron chi connectivity index (χ3n) is 2.88. The number of likely N-dealkylation sites (tertiary alicyclic amines) is 1. The average molecular weight is 186 g/mol. The molecule has 0 amide bonds. The third kappa shape index (κ3) is 2.93. The summed E-state index contributed by atoms with van der Waals surface area (Å²) in [5.74, 6) is 0. The Kier molecular flexibility index (Phi) is 4.70. The van der Waals surface area contributed by atoms with Gasteiger partial charge in [-0.3, -0.25) is 4.90 Å². The molecule has 1 fully saturated rings. The summed E-state index contributed by atoms with van der Waals surface area (Å²) in [6, 6.07) is 0.366. The smallest absolute Gasteiger partial charge is 0.0597 e. The van der Waals surface area contributed by atoms with E-state index in [9.17, 15) is 0 Å². The number of aliphatic hydroxyl groups is 1. The molecular weight excluding hydrogens is 164 g/mol. The highest BCUT2D eigenvalue weighted by atomic mass is 16.3. The number of rotatable bonds is 4. The van der Waals surface area contributed by atoms with Crippen LogP contribution in [-0.2, 0) is 0 Å². The van der Waals surface area contributed by atoms with Crippen LogP contribution in [0.2, 0.25) is 0 Å². The summed E-state index contributed by atoms with van der Waals surface area (Å²) >= 11 is 0. The van der Waals surface area contributed by atoms with E-state index in [1.165, 1.54) is 19.3 Å². The minimum atomic E-state index is -0.0492. The van der Waals surface area contributed by atoms with Gasteiger partial charge in [0.25, 0.3) is 0 Å². The molecular formula is C10H22N2O. The van der Waals surface area contributed by atoms with Gasteiger partial charge in [0.1, 0.15) is 0 Å². The molecule has 1 saturated heterocycles. The third-order valence-corrected chi connectivity index (χ3v) is 2.88. The Bertz CT molecular complexity index is 139. The Morgan fingerprint density at radius 1 is 1.54 bits per heavy atom. The van der Waals surface area contributed by atoms with Crippen LogP contribution in [0.15, 0.2) is 0 Å². The molecule has 0 aliphatic carbocycles. The molecule has 0 saturated carbocycles. The fourth-order valence-electron chi connectivity index (χ4n) is 2.19. The van der Waals surface area contributed by atoms with Crippen LogP contribution in [0.4, 0.5) is 0 Å². The van der Waals surface area contributed by atoms with Gasteiger partial charge in [0, 0.05) is 12.1 Å². The normalized spacial score (nSPS) is 27.5. The molecule has 13 heavy (non-hydrogen) atoms. The molecule has 0 aromatic carbocycles. The van der Waals surface area contributed by atoms with Crippen LogP contribution in [0.25, 0.3) is 0 Å². The summed E-state index contributed by atoms with van der Waals surface area (Å²) in [5, 5.41) is 9.02.